The molecule has 3 unspecified atom stereocenters. The van der Waals surface area contributed by atoms with E-state index in [1.54, 1.807) is 0 Å². The van der Waals surface area contributed by atoms with Gasteiger partial charge < -0.3 is 20.2 Å². The maximum absolute atomic E-state index is 11.7. The van der Waals surface area contributed by atoms with Crippen LogP contribution in [0.4, 0.5) is 0 Å². The third-order valence-corrected chi connectivity index (χ3v) is 5.27. The number of hydrogen-bond acceptors (Lipinski definition) is 4. The van der Waals surface area contributed by atoms with Crippen molar-refractivity contribution in [3.63, 3.8) is 0 Å². The van der Waals surface area contributed by atoms with Gasteiger partial charge in [-0.1, -0.05) is 6.92 Å². The molecule has 5 heteroatoms. The molecule has 1 saturated heterocycles. The molecule has 2 rings (SSSR count). The van der Waals surface area contributed by atoms with Crippen LogP contribution in [0.1, 0.15) is 39.0 Å². The predicted octanol–water partition coefficient (Wildman–Crippen LogP) is 1.25. The molecule has 0 aromatic rings. The highest BCUT2D eigenvalue weighted by atomic mass is 16.4. The Kier molecular flexibility index (Phi) is 5.63. The number of carbonyl (C=O) groups is 1. The van der Waals surface area contributed by atoms with Crippen LogP contribution < -0.4 is 5.32 Å². The Hall–Kier alpha value is -0.650. The molecule has 2 aliphatic rings. The van der Waals surface area contributed by atoms with Crippen molar-refractivity contribution in [2.24, 2.45) is 5.92 Å². The molecule has 5 nitrogen and oxygen atoms in total. The molecular formula is C16H31N3O2. The molecule has 0 aromatic carbocycles. The molecule has 0 amide bonds. The maximum Gasteiger partial charge on any atom is 0.323 e. The normalized spacial score (nSPS) is 33.9. The predicted molar refractivity (Wildman–Crippen MR) is 84.5 cm³/mol. The molecule has 1 heterocycles. The maximum atomic E-state index is 11.7. The van der Waals surface area contributed by atoms with E-state index in [-0.39, 0.29) is 0 Å². The zero-order valence-electron chi connectivity index (χ0n) is 13.8. The Morgan fingerprint density at radius 2 is 2.24 bits per heavy atom. The average molecular weight is 297 g/mol. The fourth-order valence-corrected chi connectivity index (χ4v) is 3.92. The first-order valence-corrected chi connectivity index (χ1v) is 8.34. The van der Waals surface area contributed by atoms with Gasteiger partial charge in [-0.25, -0.2) is 0 Å². The summed E-state index contributed by atoms with van der Waals surface area (Å²) in [5.41, 5.74) is -0.693. The molecule has 1 aliphatic carbocycles. The number of carboxylic acids is 1. The van der Waals surface area contributed by atoms with Gasteiger partial charge in [0, 0.05) is 19.1 Å². The van der Waals surface area contributed by atoms with Crippen LogP contribution in [0.5, 0.6) is 0 Å². The summed E-state index contributed by atoms with van der Waals surface area (Å²) in [6.07, 6.45) is 4.72. The van der Waals surface area contributed by atoms with Crippen LogP contribution in [-0.4, -0.2) is 72.7 Å². The lowest BCUT2D eigenvalue weighted by Gasteiger charge is -2.30. The van der Waals surface area contributed by atoms with E-state index in [1.807, 2.05) is 0 Å². The number of hydrogen-bond donors (Lipinski definition) is 2. The lowest BCUT2D eigenvalue weighted by atomic mass is 9.97. The Bertz CT molecular complexity index is 363. The topological polar surface area (TPSA) is 55.8 Å². The van der Waals surface area contributed by atoms with Crippen LogP contribution in [0.25, 0.3) is 0 Å². The minimum absolute atomic E-state index is 0.399. The highest BCUT2D eigenvalue weighted by Crippen LogP contribution is 2.33. The summed E-state index contributed by atoms with van der Waals surface area (Å²) in [6.45, 7) is 6.34. The highest BCUT2D eigenvalue weighted by molar-refractivity contribution is 5.79. The minimum atomic E-state index is -0.693. The lowest BCUT2D eigenvalue weighted by molar-refractivity contribution is -0.144. The van der Waals surface area contributed by atoms with E-state index >= 15 is 0 Å². The van der Waals surface area contributed by atoms with Crippen LogP contribution in [-0.2, 0) is 4.79 Å². The summed E-state index contributed by atoms with van der Waals surface area (Å²) >= 11 is 0. The largest absolute Gasteiger partial charge is 0.480 e. The van der Waals surface area contributed by atoms with Gasteiger partial charge in [0.25, 0.3) is 0 Å². The zero-order chi connectivity index (χ0) is 15.5. The van der Waals surface area contributed by atoms with Gasteiger partial charge in [0.05, 0.1) is 0 Å². The first-order chi connectivity index (χ1) is 9.97. The highest BCUT2D eigenvalue weighted by Gasteiger charge is 2.46. The number of rotatable bonds is 7. The van der Waals surface area contributed by atoms with Gasteiger partial charge in [0.15, 0.2) is 0 Å². The van der Waals surface area contributed by atoms with E-state index in [2.05, 4.69) is 36.1 Å². The van der Waals surface area contributed by atoms with E-state index in [4.69, 9.17) is 0 Å². The summed E-state index contributed by atoms with van der Waals surface area (Å²) in [4.78, 5) is 16.5. The summed E-state index contributed by atoms with van der Waals surface area (Å²) in [5.74, 6) is 0.0656. The van der Waals surface area contributed by atoms with Crippen LogP contribution in [0, 0.1) is 5.92 Å². The summed E-state index contributed by atoms with van der Waals surface area (Å²) < 4.78 is 0. The minimum Gasteiger partial charge on any atom is -0.480 e. The molecule has 1 saturated carbocycles. The fourth-order valence-electron chi connectivity index (χ4n) is 3.92. The molecular weight excluding hydrogens is 266 g/mol. The summed E-state index contributed by atoms with van der Waals surface area (Å²) in [6, 6.07) is 0.399. The quantitative estimate of drug-likeness (QED) is 0.740. The Labute approximate surface area is 128 Å². The molecule has 2 fully saturated rings. The van der Waals surface area contributed by atoms with Gasteiger partial charge in [-0.05, 0) is 65.2 Å². The van der Waals surface area contributed by atoms with Crippen molar-refractivity contribution in [3.05, 3.63) is 0 Å². The molecule has 21 heavy (non-hydrogen) atoms. The zero-order valence-corrected chi connectivity index (χ0v) is 13.8. The number of likely N-dealkylation sites (tertiary alicyclic amines) is 1. The first-order valence-electron chi connectivity index (χ1n) is 8.34. The van der Waals surface area contributed by atoms with Crippen LogP contribution in [0.3, 0.4) is 0 Å². The molecule has 3 atom stereocenters. The molecule has 0 radical (unpaired) electrons. The SMILES string of the molecule is CCCNC1(C(=O)O)CCC(N(C)CC2CCN(C)C2)C1. The van der Waals surface area contributed by atoms with E-state index in [1.165, 1.54) is 19.5 Å². The Morgan fingerprint density at radius 1 is 1.48 bits per heavy atom. The van der Waals surface area contributed by atoms with Crippen molar-refractivity contribution in [3.8, 4) is 0 Å². The second kappa shape index (κ2) is 7.07. The summed E-state index contributed by atoms with van der Waals surface area (Å²) in [5, 5.41) is 12.9. The van der Waals surface area contributed by atoms with E-state index in [0.29, 0.717) is 6.04 Å². The number of nitrogens with one attached hydrogen (secondary N) is 1. The number of carboxylic acid groups (broad SMARTS) is 1. The van der Waals surface area contributed by atoms with Crippen LogP contribution >= 0.6 is 0 Å². The second-order valence-corrected chi connectivity index (χ2v) is 7.07. The smallest absolute Gasteiger partial charge is 0.323 e. The third kappa shape index (κ3) is 3.96. The summed E-state index contributed by atoms with van der Waals surface area (Å²) in [7, 11) is 4.35. The molecule has 122 valence electrons. The van der Waals surface area contributed by atoms with Crippen LogP contribution in [0.15, 0.2) is 0 Å². The lowest BCUT2D eigenvalue weighted by Crippen LogP contribution is -2.51. The van der Waals surface area contributed by atoms with Crippen molar-refractivity contribution in [2.75, 3.05) is 40.3 Å². The van der Waals surface area contributed by atoms with Crippen molar-refractivity contribution in [2.45, 2.75) is 50.6 Å². The van der Waals surface area contributed by atoms with Gasteiger partial charge in [0.2, 0.25) is 0 Å². The molecule has 1 aliphatic heterocycles. The van der Waals surface area contributed by atoms with Crippen molar-refractivity contribution < 1.29 is 9.90 Å². The fraction of sp³-hybridized carbons (Fsp3) is 0.938. The standard InChI is InChI=1S/C16H31N3O2/c1-4-8-17-16(15(20)21)7-5-14(10-16)19(3)12-13-6-9-18(2)11-13/h13-14,17H,4-12H2,1-3H3,(H,20,21). The molecule has 0 spiro atoms. The molecule has 0 aromatic heterocycles. The van der Waals surface area contributed by atoms with Gasteiger partial charge in [-0.2, -0.15) is 0 Å². The van der Waals surface area contributed by atoms with Crippen molar-refractivity contribution >= 4 is 5.97 Å². The molecule has 0 bridgehead atoms. The number of nitrogens with zero attached hydrogens (tertiary/aromatic N) is 2. The Balaban J connectivity index is 1.88. The monoisotopic (exact) mass is 297 g/mol. The van der Waals surface area contributed by atoms with Crippen molar-refractivity contribution in [1.29, 1.82) is 0 Å². The van der Waals surface area contributed by atoms with Gasteiger partial charge in [-0.3, -0.25) is 4.79 Å². The third-order valence-electron chi connectivity index (χ3n) is 5.27. The van der Waals surface area contributed by atoms with Gasteiger partial charge in [-0.15, -0.1) is 0 Å². The molecule has 2 N–H and O–H groups in total. The first kappa shape index (κ1) is 16.7. The van der Waals surface area contributed by atoms with Gasteiger partial charge in [0.1, 0.15) is 5.54 Å². The Morgan fingerprint density at radius 3 is 2.81 bits per heavy atom. The van der Waals surface area contributed by atoms with E-state index in [9.17, 15) is 9.90 Å². The average Bonchev–Trinajstić information content (AvgIpc) is 3.04. The van der Waals surface area contributed by atoms with E-state index < -0.39 is 11.5 Å². The van der Waals surface area contributed by atoms with Gasteiger partial charge >= 0.3 is 5.97 Å². The van der Waals surface area contributed by atoms with Crippen LogP contribution in [0.2, 0.25) is 0 Å². The van der Waals surface area contributed by atoms with E-state index in [0.717, 1.165) is 44.7 Å². The second-order valence-electron chi connectivity index (χ2n) is 7.07. The number of aliphatic carboxylic acids is 1. The van der Waals surface area contributed by atoms with Crippen molar-refractivity contribution in [1.82, 2.24) is 15.1 Å².